The average molecular weight is 615 g/mol. The quantitative estimate of drug-likeness (QED) is 0.301. The van der Waals surface area contributed by atoms with Crippen molar-refractivity contribution >= 4 is 26.9 Å². The van der Waals surface area contributed by atoms with Crippen molar-refractivity contribution in [3.8, 4) is 40.2 Å². The van der Waals surface area contributed by atoms with E-state index in [4.69, 9.17) is 15.2 Å². The Morgan fingerprint density at radius 2 is 1.89 bits per heavy atom. The summed E-state index contributed by atoms with van der Waals surface area (Å²) in [7, 11) is -0.0474. The highest BCUT2D eigenvalue weighted by atomic mass is 32.2. The van der Waals surface area contributed by atoms with Crippen LogP contribution in [0.5, 0.6) is 17.2 Å². The van der Waals surface area contributed by atoms with Crippen LogP contribution in [0.1, 0.15) is 12.1 Å². The van der Waals surface area contributed by atoms with Crippen LogP contribution in [-0.4, -0.2) is 82.7 Å². The number of aromatic nitrogens is 3. The van der Waals surface area contributed by atoms with Crippen LogP contribution in [0.4, 0.5) is 5.82 Å². The molecule has 2 atom stereocenters. The number of methoxy groups -OCH3 is 1. The van der Waals surface area contributed by atoms with Crippen molar-refractivity contribution in [3.05, 3.63) is 72.5 Å². The molecule has 2 aromatic heterocycles. The van der Waals surface area contributed by atoms with Gasteiger partial charge in [0.25, 0.3) is 0 Å². The van der Waals surface area contributed by atoms with Gasteiger partial charge in [-0.3, -0.25) is 4.90 Å². The molecule has 228 valence electrons. The number of nitrogens with two attached hydrogens (primary N) is 1. The van der Waals surface area contributed by atoms with E-state index >= 15 is 0 Å². The number of aliphatic hydroxyl groups excluding tert-OH is 1. The molecule has 12 heteroatoms. The summed E-state index contributed by atoms with van der Waals surface area (Å²) in [6.07, 6.45) is 1.21. The van der Waals surface area contributed by atoms with Crippen LogP contribution >= 0.6 is 0 Å². The fourth-order valence-electron chi connectivity index (χ4n) is 5.92. The lowest BCUT2D eigenvalue weighted by atomic mass is 9.92. The van der Waals surface area contributed by atoms with E-state index in [2.05, 4.69) is 33.3 Å². The van der Waals surface area contributed by atoms with Gasteiger partial charge in [-0.15, -0.1) is 0 Å². The first-order valence-electron chi connectivity index (χ1n) is 14.3. The number of benzene rings is 2. The third kappa shape index (κ3) is 5.51. The maximum Gasteiger partial charge on any atom is 0.235 e. The zero-order valence-electron chi connectivity index (χ0n) is 24.6. The van der Waals surface area contributed by atoms with Gasteiger partial charge in [-0.2, -0.15) is 4.31 Å². The van der Waals surface area contributed by atoms with Crippen molar-refractivity contribution in [2.45, 2.75) is 18.6 Å². The standard InChI is InChI=1S/C32H34N6O5S/c1-4-44(40,41)38-15-14-24(26(39)19-38)37-17-21(18-37)10-12-25-29(30-31(33)34-20-35-32(30)36(25)2)22-11-13-27(28(16-22)42-3)43-23-8-6-5-7-9-23/h4-9,11,13,16,20-21,24,26,39H,1,14-15,17-19H2,2-3H3,(H2,33,34,35)/t24-,26+/m1/s1. The molecule has 0 unspecified atom stereocenters. The van der Waals surface area contributed by atoms with Crippen LogP contribution < -0.4 is 15.2 Å². The number of nitrogens with zero attached hydrogens (tertiary/aromatic N) is 5. The minimum absolute atomic E-state index is 0.0618. The maximum absolute atomic E-state index is 12.1. The molecule has 6 rings (SSSR count). The van der Waals surface area contributed by atoms with Crippen LogP contribution in [-0.2, 0) is 17.1 Å². The van der Waals surface area contributed by atoms with E-state index in [9.17, 15) is 13.5 Å². The van der Waals surface area contributed by atoms with Crippen molar-refractivity contribution < 1.29 is 23.0 Å². The summed E-state index contributed by atoms with van der Waals surface area (Å²) in [5.74, 6) is 9.06. The highest BCUT2D eigenvalue weighted by molar-refractivity contribution is 7.92. The molecule has 0 saturated carbocycles. The molecule has 2 aliphatic heterocycles. The SMILES string of the molecule is C=CS(=O)(=O)N1CC[C@@H](N2CC(C#Cc3c(-c4ccc(Oc5ccccc5)c(OC)c4)c4c(N)ncnc4n3C)C2)[C@@H](O)C1. The van der Waals surface area contributed by atoms with Crippen molar-refractivity contribution in [1.82, 2.24) is 23.7 Å². The van der Waals surface area contributed by atoms with Crippen LogP contribution in [0.15, 0.2) is 66.8 Å². The van der Waals surface area contributed by atoms with E-state index in [0.29, 0.717) is 60.2 Å². The Labute approximate surface area is 256 Å². The smallest absolute Gasteiger partial charge is 0.235 e. The predicted molar refractivity (Wildman–Crippen MR) is 168 cm³/mol. The summed E-state index contributed by atoms with van der Waals surface area (Å²) in [4.78, 5) is 10.9. The number of fused-ring (bicyclic) bond motifs is 1. The normalized spacial score (nSPS) is 19.6. The van der Waals surface area contributed by atoms with Gasteiger partial charge in [-0.25, -0.2) is 18.4 Å². The lowest BCUT2D eigenvalue weighted by Gasteiger charge is -2.47. The molecule has 0 radical (unpaired) electrons. The molecule has 44 heavy (non-hydrogen) atoms. The second kappa shape index (κ2) is 11.9. The monoisotopic (exact) mass is 614 g/mol. The molecule has 0 aliphatic carbocycles. The van der Waals surface area contributed by atoms with Gasteiger partial charge in [-0.1, -0.05) is 36.8 Å². The van der Waals surface area contributed by atoms with Gasteiger partial charge in [0, 0.05) is 56.2 Å². The van der Waals surface area contributed by atoms with Crippen LogP contribution in [0.25, 0.3) is 22.2 Å². The number of piperidine rings is 1. The summed E-state index contributed by atoms with van der Waals surface area (Å²) in [5.41, 5.74) is 9.43. The Morgan fingerprint density at radius 3 is 2.59 bits per heavy atom. The highest BCUT2D eigenvalue weighted by Gasteiger charge is 2.40. The van der Waals surface area contributed by atoms with Crippen molar-refractivity contribution in [2.24, 2.45) is 13.0 Å². The Balaban J connectivity index is 1.26. The third-order valence-corrected chi connectivity index (χ3v) is 9.75. The number of hydrogen-bond donors (Lipinski definition) is 2. The number of likely N-dealkylation sites (tertiary alicyclic amines) is 1. The van der Waals surface area contributed by atoms with Crippen LogP contribution in [0.3, 0.4) is 0 Å². The zero-order chi connectivity index (χ0) is 31.0. The van der Waals surface area contributed by atoms with Gasteiger partial charge in [0.2, 0.25) is 10.0 Å². The number of nitrogen functional groups attached to an aromatic ring is 1. The van der Waals surface area contributed by atoms with Crippen molar-refractivity contribution in [2.75, 3.05) is 39.0 Å². The average Bonchev–Trinajstić information content (AvgIpc) is 3.30. The van der Waals surface area contributed by atoms with E-state index in [0.717, 1.165) is 22.2 Å². The van der Waals surface area contributed by atoms with Gasteiger partial charge in [0.05, 0.1) is 18.6 Å². The van der Waals surface area contributed by atoms with E-state index in [-0.39, 0.29) is 18.5 Å². The van der Waals surface area contributed by atoms with Crippen molar-refractivity contribution in [1.29, 1.82) is 0 Å². The molecule has 3 N–H and O–H groups in total. The minimum Gasteiger partial charge on any atom is -0.493 e. The second-order valence-corrected chi connectivity index (χ2v) is 12.8. The van der Waals surface area contributed by atoms with Gasteiger partial charge in [0.15, 0.2) is 11.5 Å². The Bertz CT molecular complexity index is 1880. The van der Waals surface area contributed by atoms with E-state index < -0.39 is 16.1 Å². The topological polar surface area (TPSA) is 136 Å². The Kier molecular flexibility index (Phi) is 8.04. The molecular formula is C32H34N6O5S. The molecule has 4 heterocycles. The lowest BCUT2D eigenvalue weighted by Crippen LogP contribution is -2.61. The fraction of sp³-hybridized carbons (Fsp3) is 0.312. The lowest BCUT2D eigenvalue weighted by molar-refractivity contribution is -0.0309. The van der Waals surface area contributed by atoms with E-state index in [1.54, 1.807) is 7.11 Å². The Hall–Kier alpha value is -4.41. The number of para-hydroxylation sites is 1. The number of aryl methyl sites for hydroxylation is 1. The summed E-state index contributed by atoms with van der Waals surface area (Å²) < 4.78 is 39.2. The molecule has 2 saturated heterocycles. The third-order valence-electron chi connectivity index (χ3n) is 8.27. The van der Waals surface area contributed by atoms with Gasteiger partial charge >= 0.3 is 0 Å². The number of anilines is 1. The molecular weight excluding hydrogens is 580 g/mol. The van der Waals surface area contributed by atoms with Gasteiger partial charge in [-0.05, 0) is 42.2 Å². The molecule has 0 spiro atoms. The maximum atomic E-state index is 12.1. The first-order valence-corrected chi connectivity index (χ1v) is 15.8. The first-order chi connectivity index (χ1) is 21.2. The molecule has 2 aliphatic rings. The Morgan fingerprint density at radius 1 is 1.11 bits per heavy atom. The van der Waals surface area contributed by atoms with Gasteiger partial charge in [0.1, 0.15) is 29.2 Å². The number of sulfonamides is 1. The summed E-state index contributed by atoms with van der Waals surface area (Å²) in [6.45, 7) is 5.16. The predicted octanol–water partition coefficient (Wildman–Crippen LogP) is 3.21. The number of ether oxygens (including phenoxy) is 2. The molecule has 2 fully saturated rings. The first kappa shape index (κ1) is 29.7. The number of aliphatic hydroxyl groups is 1. The highest BCUT2D eigenvalue weighted by Crippen LogP contribution is 2.41. The number of rotatable bonds is 7. The molecule has 4 aromatic rings. The summed E-state index contributed by atoms with van der Waals surface area (Å²) in [5, 5.41) is 12.3. The molecule has 2 aromatic carbocycles. The fourth-order valence-corrected chi connectivity index (χ4v) is 6.86. The van der Waals surface area contributed by atoms with Crippen LogP contribution in [0.2, 0.25) is 0 Å². The number of hydrogen-bond acceptors (Lipinski definition) is 9. The van der Waals surface area contributed by atoms with E-state index in [1.165, 1.54) is 10.6 Å². The minimum atomic E-state index is -3.55. The molecule has 11 nitrogen and oxygen atoms in total. The zero-order valence-corrected chi connectivity index (χ0v) is 25.4. The van der Waals surface area contributed by atoms with E-state index in [1.807, 2.05) is 60.1 Å². The van der Waals surface area contributed by atoms with Gasteiger partial charge < -0.3 is 24.9 Å². The summed E-state index contributed by atoms with van der Waals surface area (Å²) in [6, 6.07) is 15.1. The number of β-amino-alcohol motifs (C(OH)–C–C–N with tert-alkyl or cyclic N) is 1. The molecule has 0 bridgehead atoms. The van der Waals surface area contributed by atoms with Crippen LogP contribution in [0, 0.1) is 17.8 Å². The molecule has 0 amide bonds. The van der Waals surface area contributed by atoms with Crippen molar-refractivity contribution in [3.63, 3.8) is 0 Å². The largest absolute Gasteiger partial charge is 0.493 e. The second-order valence-electron chi connectivity index (χ2n) is 10.9. The summed E-state index contributed by atoms with van der Waals surface area (Å²) >= 11 is 0.